The van der Waals surface area contributed by atoms with Gasteiger partial charge < -0.3 is 10.3 Å². The van der Waals surface area contributed by atoms with E-state index in [9.17, 15) is 24.7 Å². The van der Waals surface area contributed by atoms with E-state index in [1.807, 2.05) is 12.1 Å². The monoisotopic (exact) mass is 472 g/mol. The van der Waals surface area contributed by atoms with Gasteiger partial charge in [-0.15, -0.1) is 0 Å². The number of carbonyl (C=O) groups is 3. The Balaban J connectivity index is 1.23. The van der Waals surface area contributed by atoms with Gasteiger partial charge in [-0.25, -0.2) is 0 Å². The van der Waals surface area contributed by atoms with Gasteiger partial charge in [0.25, 0.3) is 11.8 Å². The number of benzene rings is 2. The summed E-state index contributed by atoms with van der Waals surface area (Å²) in [6.07, 6.45) is 6.27. The van der Waals surface area contributed by atoms with Gasteiger partial charge in [-0.05, 0) is 85.4 Å². The molecule has 3 aliphatic rings. The van der Waals surface area contributed by atoms with Gasteiger partial charge in [0.1, 0.15) is 0 Å². The third-order valence-electron chi connectivity index (χ3n) is 7.47. The molecule has 2 N–H and O–H groups in total. The zero-order chi connectivity index (χ0) is 24.5. The van der Waals surface area contributed by atoms with Crippen LogP contribution in [0.2, 0.25) is 0 Å². The number of oxime groups is 1. The number of nitrogens with zero attached hydrogens (tertiary/aromatic N) is 2. The first-order valence-corrected chi connectivity index (χ1v) is 12.2. The van der Waals surface area contributed by atoms with E-state index in [0.29, 0.717) is 23.3 Å². The molecule has 0 spiro atoms. The molecule has 2 aromatic rings. The molecule has 1 atom stereocenters. The zero-order valence-corrected chi connectivity index (χ0v) is 19.5. The first-order chi connectivity index (χ1) is 17.0. The predicted octanol–water partition coefficient (Wildman–Crippen LogP) is 4.92. The van der Waals surface area contributed by atoms with Crippen molar-refractivity contribution in [2.24, 2.45) is 11.1 Å². The van der Waals surface area contributed by atoms with Gasteiger partial charge in [0.2, 0.25) is 0 Å². The van der Waals surface area contributed by atoms with Crippen LogP contribution in [0.15, 0.2) is 53.2 Å². The normalized spacial score (nSPS) is 17.9. The fourth-order valence-corrected chi connectivity index (χ4v) is 5.63. The smallest absolute Gasteiger partial charge is 0.306 e. The Kier molecular flexibility index (Phi) is 6.24. The SMILES string of the molecule is O=C(O)[C@H](CCCN1C(=O)c2ccccc2C1=O)CC(=NO)c1ccc2c(c1)CC1=C2CCCC1. The Morgan fingerprint density at radius 3 is 2.40 bits per heavy atom. The second kappa shape index (κ2) is 9.49. The molecule has 1 heterocycles. The second-order valence-electron chi connectivity index (χ2n) is 9.57. The molecule has 0 saturated heterocycles. The van der Waals surface area contributed by atoms with Crippen molar-refractivity contribution >= 4 is 29.1 Å². The van der Waals surface area contributed by atoms with Gasteiger partial charge >= 0.3 is 5.97 Å². The summed E-state index contributed by atoms with van der Waals surface area (Å²) in [6.45, 7) is 0.151. The molecule has 0 unspecified atom stereocenters. The molecule has 1 aliphatic heterocycles. The van der Waals surface area contributed by atoms with Crippen molar-refractivity contribution in [1.29, 1.82) is 0 Å². The largest absolute Gasteiger partial charge is 0.481 e. The van der Waals surface area contributed by atoms with Crippen LogP contribution in [0.3, 0.4) is 0 Å². The Hall–Kier alpha value is -3.74. The van der Waals surface area contributed by atoms with Crippen LogP contribution in [0.4, 0.5) is 0 Å². The number of carboxylic acids is 1. The number of imide groups is 1. The van der Waals surface area contributed by atoms with Crippen LogP contribution >= 0.6 is 0 Å². The second-order valence-corrected chi connectivity index (χ2v) is 9.57. The lowest BCUT2D eigenvalue weighted by molar-refractivity contribution is -0.141. The third-order valence-corrected chi connectivity index (χ3v) is 7.47. The molecule has 0 saturated carbocycles. The van der Waals surface area contributed by atoms with Gasteiger partial charge in [-0.1, -0.05) is 35.0 Å². The summed E-state index contributed by atoms with van der Waals surface area (Å²) in [5.74, 6) is -2.48. The Morgan fingerprint density at radius 1 is 1.00 bits per heavy atom. The lowest BCUT2D eigenvalue weighted by Gasteiger charge is -2.17. The van der Waals surface area contributed by atoms with Crippen LogP contribution in [-0.4, -0.2) is 45.3 Å². The van der Waals surface area contributed by atoms with Crippen LogP contribution in [0.25, 0.3) is 5.57 Å². The molecule has 7 nitrogen and oxygen atoms in total. The van der Waals surface area contributed by atoms with Gasteiger partial charge in [-0.3, -0.25) is 19.3 Å². The van der Waals surface area contributed by atoms with E-state index < -0.39 is 11.9 Å². The number of carbonyl (C=O) groups excluding carboxylic acids is 2. The lowest BCUT2D eigenvalue weighted by atomic mass is 9.90. The van der Waals surface area contributed by atoms with Crippen LogP contribution in [0, 0.1) is 5.92 Å². The van der Waals surface area contributed by atoms with E-state index in [4.69, 9.17) is 0 Å². The molecule has 0 fully saturated rings. The van der Waals surface area contributed by atoms with Crippen LogP contribution in [-0.2, 0) is 11.2 Å². The van der Waals surface area contributed by atoms with Crippen molar-refractivity contribution in [1.82, 2.24) is 4.90 Å². The molecule has 2 aliphatic carbocycles. The molecular weight excluding hydrogens is 444 g/mol. The summed E-state index contributed by atoms with van der Waals surface area (Å²) in [5, 5.41) is 23.0. The molecule has 180 valence electrons. The Bertz CT molecular complexity index is 1240. The standard InChI is InChI=1S/C28H28N2O5/c31-26-23-9-3-4-10-24(23)27(32)30(26)13-5-7-19(28(33)34)16-25(29-35)18-11-12-22-20(15-18)14-17-6-1-2-8-21(17)22/h3-4,9-12,15,19,35H,1-2,5-8,13-14,16H2,(H,33,34)/t19-/m1/s1. The van der Waals surface area contributed by atoms with Crippen LogP contribution in [0.1, 0.15) is 82.4 Å². The summed E-state index contributed by atoms with van der Waals surface area (Å²) >= 11 is 0. The summed E-state index contributed by atoms with van der Waals surface area (Å²) in [7, 11) is 0. The minimum absolute atomic E-state index is 0.0693. The van der Waals surface area contributed by atoms with Gasteiger partial charge in [0, 0.05) is 13.0 Å². The number of amides is 2. The van der Waals surface area contributed by atoms with Crippen molar-refractivity contribution in [3.8, 4) is 0 Å². The van der Waals surface area contributed by atoms with Crippen molar-refractivity contribution in [3.63, 3.8) is 0 Å². The highest BCUT2D eigenvalue weighted by Crippen LogP contribution is 2.41. The quantitative estimate of drug-likeness (QED) is 0.246. The molecule has 0 aromatic heterocycles. The molecule has 0 bridgehead atoms. The third kappa shape index (κ3) is 4.27. The highest BCUT2D eigenvalue weighted by molar-refractivity contribution is 6.21. The first-order valence-electron chi connectivity index (χ1n) is 12.2. The molecule has 5 rings (SSSR count). The fourth-order valence-electron chi connectivity index (χ4n) is 5.63. The number of hydrogen-bond acceptors (Lipinski definition) is 5. The number of hydrogen-bond donors (Lipinski definition) is 2. The average Bonchev–Trinajstić information content (AvgIpc) is 3.36. The summed E-state index contributed by atoms with van der Waals surface area (Å²) in [6, 6.07) is 12.7. The Morgan fingerprint density at radius 2 is 1.71 bits per heavy atom. The minimum Gasteiger partial charge on any atom is -0.481 e. The lowest BCUT2D eigenvalue weighted by Crippen LogP contribution is -2.31. The van der Waals surface area contributed by atoms with Gasteiger partial charge in [0.15, 0.2) is 0 Å². The van der Waals surface area contributed by atoms with Crippen molar-refractivity contribution in [3.05, 3.63) is 75.9 Å². The van der Waals surface area contributed by atoms with E-state index >= 15 is 0 Å². The maximum Gasteiger partial charge on any atom is 0.306 e. The number of rotatable bonds is 8. The maximum absolute atomic E-state index is 12.5. The van der Waals surface area contributed by atoms with Crippen molar-refractivity contribution in [2.45, 2.75) is 51.4 Å². The summed E-state index contributed by atoms with van der Waals surface area (Å²) in [4.78, 5) is 38.3. The average molecular weight is 473 g/mol. The molecule has 35 heavy (non-hydrogen) atoms. The van der Waals surface area contributed by atoms with Gasteiger partial charge in [0.05, 0.1) is 22.8 Å². The number of aliphatic carboxylic acids is 1. The zero-order valence-electron chi connectivity index (χ0n) is 19.5. The fraction of sp³-hybridized carbons (Fsp3) is 0.357. The summed E-state index contributed by atoms with van der Waals surface area (Å²) < 4.78 is 0. The molecule has 2 aromatic carbocycles. The van der Waals surface area contributed by atoms with Crippen molar-refractivity contribution < 1.29 is 24.7 Å². The first kappa shape index (κ1) is 23.0. The van der Waals surface area contributed by atoms with Crippen LogP contribution < -0.4 is 0 Å². The number of fused-ring (bicyclic) bond motifs is 3. The minimum atomic E-state index is -0.994. The Labute approximate surface area is 203 Å². The van der Waals surface area contributed by atoms with E-state index in [-0.39, 0.29) is 31.2 Å². The topological polar surface area (TPSA) is 107 Å². The van der Waals surface area contributed by atoms with Crippen molar-refractivity contribution in [2.75, 3.05) is 6.54 Å². The number of carboxylic acid groups (broad SMARTS) is 1. The van der Waals surface area contributed by atoms with E-state index in [0.717, 1.165) is 24.8 Å². The molecule has 2 amide bonds. The number of allylic oxidation sites excluding steroid dienone is 2. The summed E-state index contributed by atoms with van der Waals surface area (Å²) in [5.41, 5.74) is 7.29. The van der Waals surface area contributed by atoms with E-state index in [2.05, 4.69) is 11.2 Å². The molecule has 7 heteroatoms. The molecule has 0 radical (unpaired) electrons. The highest BCUT2D eigenvalue weighted by atomic mass is 16.4. The predicted molar refractivity (Wildman–Crippen MR) is 131 cm³/mol. The van der Waals surface area contributed by atoms with E-state index in [1.165, 1.54) is 40.0 Å². The highest BCUT2D eigenvalue weighted by Gasteiger charge is 2.35. The molecular formula is C28H28N2O5. The maximum atomic E-state index is 12.5. The van der Waals surface area contributed by atoms with Crippen LogP contribution in [0.5, 0.6) is 0 Å². The van der Waals surface area contributed by atoms with E-state index in [1.54, 1.807) is 24.3 Å². The van der Waals surface area contributed by atoms with Gasteiger partial charge in [-0.2, -0.15) is 0 Å².